The molecule has 0 fully saturated rings. The van der Waals surface area contributed by atoms with Crippen molar-refractivity contribution in [2.75, 3.05) is 0 Å². The van der Waals surface area contributed by atoms with Crippen LogP contribution in [0.15, 0.2) is 24.3 Å². The maximum atomic E-state index is 11.8. The van der Waals surface area contributed by atoms with Gasteiger partial charge in [-0.15, -0.1) is 0 Å². The molecule has 1 aromatic heterocycles. The van der Waals surface area contributed by atoms with Crippen molar-refractivity contribution in [3.8, 4) is 0 Å². The lowest BCUT2D eigenvalue weighted by atomic mass is 10.1. The average molecular weight is 350 g/mol. The SMILES string of the molecule is Cc1nn(C)c(Cl)c1C=CC(=O)OCc1cccc([N+](=O)[O-])c1C. The third kappa shape index (κ3) is 3.80. The monoisotopic (exact) mass is 349 g/mol. The zero-order valence-electron chi connectivity index (χ0n) is 13.4. The van der Waals surface area contributed by atoms with E-state index >= 15 is 0 Å². The van der Waals surface area contributed by atoms with Crippen LogP contribution in [-0.2, 0) is 23.2 Å². The number of nitrogens with zero attached hydrogens (tertiary/aromatic N) is 3. The molecule has 0 aliphatic carbocycles. The highest BCUT2D eigenvalue weighted by molar-refractivity contribution is 6.31. The van der Waals surface area contributed by atoms with Crippen LogP contribution >= 0.6 is 11.6 Å². The summed E-state index contributed by atoms with van der Waals surface area (Å²) in [4.78, 5) is 22.3. The average Bonchev–Trinajstić information content (AvgIpc) is 2.76. The molecule has 1 aromatic carbocycles. The first-order valence-electron chi connectivity index (χ1n) is 7.08. The van der Waals surface area contributed by atoms with Gasteiger partial charge in [0.1, 0.15) is 11.8 Å². The molecule has 1 heterocycles. The van der Waals surface area contributed by atoms with Crippen LogP contribution in [0.1, 0.15) is 22.4 Å². The second kappa shape index (κ2) is 7.27. The lowest BCUT2D eigenvalue weighted by Gasteiger charge is -2.06. The van der Waals surface area contributed by atoms with E-state index in [0.29, 0.717) is 27.5 Å². The topological polar surface area (TPSA) is 87.3 Å². The largest absolute Gasteiger partial charge is 0.458 e. The smallest absolute Gasteiger partial charge is 0.331 e. The van der Waals surface area contributed by atoms with Crippen molar-refractivity contribution in [3.63, 3.8) is 0 Å². The van der Waals surface area contributed by atoms with Crippen LogP contribution in [0.4, 0.5) is 5.69 Å². The number of rotatable bonds is 5. The van der Waals surface area contributed by atoms with Gasteiger partial charge >= 0.3 is 5.97 Å². The number of carbonyl (C=O) groups is 1. The zero-order valence-corrected chi connectivity index (χ0v) is 14.2. The summed E-state index contributed by atoms with van der Waals surface area (Å²) in [5.74, 6) is -0.569. The molecule has 0 amide bonds. The molecule has 0 saturated heterocycles. The van der Waals surface area contributed by atoms with Crippen molar-refractivity contribution in [2.24, 2.45) is 7.05 Å². The van der Waals surface area contributed by atoms with Gasteiger partial charge in [-0.05, 0) is 25.5 Å². The first-order chi connectivity index (χ1) is 11.3. The van der Waals surface area contributed by atoms with Crippen LogP contribution in [0, 0.1) is 24.0 Å². The molecule has 0 unspecified atom stereocenters. The molecule has 0 spiro atoms. The summed E-state index contributed by atoms with van der Waals surface area (Å²) >= 11 is 6.07. The summed E-state index contributed by atoms with van der Waals surface area (Å²) in [6.07, 6.45) is 2.79. The van der Waals surface area contributed by atoms with Gasteiger partial charge < -0.3 is 4.74 Å². The summed E-state index contributed by atoms with van der Waals surface area (Å²) in [6, 6.07) is 4.65. The Balaban J connectivity index is 2.05. The molecule has 0 N–H and O–H groups in total. The third-order valence-electron chi connectivity index (χ3n) is 3.57. The number of aromatic nitrogens is 2. The lowest BCUT2D eigenvalue weighted by Crippen LogP contribution is -2.03. The summed E-state index contributed by atoms with van der Waals surface area (Å²) in [7, 11) is 1.70. The second-order valence-electron chi connectivity index (χ2n) is 5.17. The Morgan fingerprint density at radius 1 is 1.46 bits per heavy atom. The fourth-order valence-electron chi connectivity index (χ4n) is 2.21. The predicted molar refractivity (Wildman–Crippen MR) is 89.6 cm³/mol. The van der Waals surface area contributed by atoms with Gasteiger partial charge in [-0.2, -0.15) is 5.10 Å². The number of hydrogen-bond acceptors (Lipinski definition) is 5. The minimum atomic E-state index is -0.569. The molecule has 7 nitrogen and oxygen atoms in total. The first-order valence-corrected chi connectivity index (χ1v) is 7.46. The number of nitro groups is 1. The van der Waals surface area contributed by atoms with Gasteiger partial charge in [0.15, 0.2) is 0 Å². The van der Waals surface area contributed by atoms with E-state index in [1.807, 2.05) is 0 Å². The Labute approximate surface area is 143 Å². The number of esters is 1. The molecule has 0 aliphatic rings. The fraction of sp³-hybridized carbons (Fsp3) is 0.250. The number of halogens is 1. The molecular formula is C16H16ClN3O4. The van der Waals surface area contributed by atoms with E-state index in [0.717, 1.165) is 0 Å². The molecule has 2 aromatic rings. The van der Waals surface area contributed by atoms with E-state index in [9.17, 15) is 14.9 Å². The lowest BCUT2D eigenvalue weighted by molar-refractivity contribution is -0.385. The van der Waals surface area contributed by atoms with Crippen molar-refractivity contribution < 1.29 is 14.5 Å². The minimum absolute atomic E-state index is 0.00291. The standard InChI is InChI=1S/C16H16ClN3O4/c1-10-12(5-4-6-14(10)20(22)23)9-24-15(21)8-7-13-11(2)18-19(3)16(13)17/h4-8H,9H2,1-3H3. The van der Waals surface area contributed by atoms with Gasteiger partial charge in [0.05, 0.1) is 10.6 Å². The fourth-order valence-corrected chi connectivity index (χ4v) is 2.45. The molecule has 2 rings (SSSR count). The molecule has 0 atom stereocenters. The highest BCUT2D eigenvalue weighted by Gasteiger charge is 2.14. The van der Waals surface area contributed by atoms with E-state index in [-0.39, 0.29) is 12.3 Å². The van der Waals surface area contributed by atoms with Crippen LogP contribution in [-0.4, -0.2) is 20.7 Å². The van der Waals surface area contributed by atoms with E-state index in [2.05, 4.69) is 5.10 Å². The van der Waals surface area contributed by atoms with Crippen molar-refractivity contribution in [2.45, 2.75) is 20.5 Å². The number of hydrogen-bond donors (Lipinski definition) is 0. The quantitative estimate of drug-likeness (QED) is 0.357. The number of aryl methyl sites for hydroxylation is 2. The summed E-state index contributed by atoms with van der Waals surface area (Å²) in [5.41, 5.74) is 2.40. The molecule has 0 aliphatic heterocycles. The zero-order chi connectivity index (χ0) is 17.9. The summed E-state index contributed by atoms with van der Waals surface area (Å²) < 4.78 is 6.64. The summed E-state index contributed by atoms with van der Waals surface area (Å²) in [6.45, 7) is 3.36. The van der Waals surface area contributed by atoms with Crippen LogP contribution in [0.3, 0.4) is 0 Å². The Morgan fingerprint density at radius 3 is 2.75 bits per heavy atom. The van der Waals surface area contributed by atoms with Crippen molar-refractivity contribution in [3.05, 3.63) is 61.9 Å². The summed E-state index contributed by atoms with van der Waals surface area (Å²) in [5, 5.41) is 15.5. The van der Waals surface area contributed by atoms with Crippen LogP contribution in [0.2, 0.25) is 5.15 Å². The highest BCUT2D eigenvalue weighted by atomic mass is 35.5. The Kier molecular flexibility index (Phi) is 5.35. The van der Waals surface area contributed by atoms with Gasteiger partial charge in [0.2, 0.25) is 0 Å². The second-order valence-corrected chi connectivity index (χ2v) is 5.53. The van der Waals surface area contributed by atoms with E-state index < -0.39 is 10.9 Å². The highest BCUT2D eigenvalue weighted by Crippen LogP contribution is 2.22. The number of ether oxygens (including phenoxy) is 1. The molecule has 0 radical (unpaired) electrons. The normalized spacial score (nSPS) is 11.0. The number of nitro benzene ring substituents is 1. The third-order valence-corrected chi connectivity index (χ3v) is 4.01. The van der Waals surface area contributed by atoms with Gasteiger partial charge in [0, 0.05) is 30.3 Å². The molecular weight excluding hydrogens is 334 g/mol. The van der Waals surface area contributed by atoms with Crippen LogP contribution in [0.5, 0.6) is 0 Å². The van der Waals surface area contributed by atoms with Crippen molar-refractivity contribution in [1.29, 1.82) is 0 Å². The maximum absolute atomic E-state index is 11.8. The Morgan fingerprint density at radius 2 is 2.17 bits per heavy atom. The predicted octanol–water partition coefficient (Wildman–Crippen LogP) is 3.36. The van der Waals surface area contributed by atoms with Gasteiger partial charge in [-0.1, -0.05) is 23.7 Å². The number of benzene rings is 1. The van der Waals surface area contributed by atoms with Crippen LogP contribution < -0.4 is 0 Å². The van der Waals surface area contributed by atoms with E-state index in [1.54, 1.807) is 33.0 Å². The van der Waals surface area contributed by atoms with Crippen molar-refractivity contribution >= 4 is 29.3 Å². The van der Waals surface area contributed by atoms with Gasteiger partial charge in [-0.25, -0.2) is 4.79 Å². The number of carbonyl (C=O) groups excluding carboxylic acids is 1. The van der Waals surface area contributed by atoms with E-state index in [4.69, 9.17) is 16.3 Å². The van der Waals surface area contributed by atoms with E-state index in [1.165, 1.54) is 22.9 Å². The first kappa shape index (κ1) is 17.7. The molecule has 0 saturated carbocycles. The Hall–Kier alpha value is -2.67. The minimum Gasteiger partial charge on any atom is -0.458 e. The van der Waals surface area contributed by atoms with Crippen LogP contribution in [0.25, 0.3) is 6.08 Å². The van der Waals surface area contributed by atoms with Gasteiger partial charge in [-0.3, -0.25) is 14.8 Å². The molecule has 126 valence electrons. The molecule has 24 heavy (non-hydrogen) atoms. The van der Waals surface area contributed by atoms with Gasteiger partial charge in [0.25, 0.3) is 5.69 Å². The molecule has 0 bridgehead atoms. The van der Waals surface area contributed by atoms with Crippen molar-refractivity contribution in [1.82, 2.24) is 9.78 Å². The molecule has 8 heteroatoms. The maximum Gasteiger partial charge on any atom is 0.331 e. The Bertz CT molecular complexity index is 827.